The Kier molecular flexibility index (Phi) is 3.46. The van der Waals surface area contributed by atoms with Crippen LogP contribution in [-0.2, 0) is 11.2 Å². The first-order chi connectivity index (χ1) is 9.34. The molecular weight excluding hydrogens is 258 g/mol. The second kappa shape index (κ2) is 5.40. The average Bonchev–Trinajstić information content (AvgIpc) is 2.47. The maximum absolute atomic E-state index is 12.3. The number of nitrogens with one attached hydrogen (secondary N) is 1. The molecule has 96 valence electrons. The maximum atomic E-state index is 12.3. The third-order valence-corrected chi connectivity index (χ3v) is 4.29. The lowest BCUT2D eigenvalue weighted by molar-refractivity contribution is -0.115. The lowest BCUT2D eigenvalue weighted by Gasteiger charge is -2.23. The molecule has 1 aromatic heterocycles. The van der Waals surface area contributed by atoms with E-state index < -0.39 is 0 Å². The smallest absolute Gasteiger partial charge is 0.243 e. The topological polar surface area (TPSA) is 54.9 Å². The molecule has 1 atom stereocenters. The molecule has 0 saturated heterocycles. The van der Waals surface area contributed by atoms with Crippen molar-refractivity contribution in [1.29, 1.82) is 0 Å². The van der Waals surface area contributed by atoms with Gasteiger partial charge in [-0.2, -0.15) is 0 Å². The molecule has 19 heavy (non-hydrogen) atoms. The van der Waals surface area contributed by atoms with E-state index in [4.69, 9.17) is 0 Å². The van der Waals surface area contributed by atoms with Gasteiger partial charge in [-0.1, -0.05) is 24.3 Å². The Labute approximate surface area is 115 Å². The highest BCUT2D eigenvalue weighted by Crippen LogP contribution is 2.37. The molecule has 0 radical (unpaired) electrons. The fourth-order valence-corrected chi connectivity index (χ4v) is 3.36. The Hall–Kier alpha value is -1.88. The van der Waals surface area contributed by atoms with Crippen molar-refractivity contribution >= 4 is 23.5 Å². The summed E-state index contributed by atoms with van der Waals surface area (Å²) in [6, 6.07) is 8.12. The zero-order valence-electron chi connectivity index (χ0n) is 10.2. The molecule has 5 heteroatoms. The van der Waals surface area contributed by atoms with Crippen LogP contribution >= 0.6 is 11.8 Å². The zero-order chi connectivity index (χ0) is 13.1. The van der Waals surface area contributed by atoms with Crippen LogP contribution in [0.2, 0.25) is 0 Å². The summed E-state index contributed by atoms with van der Waals surface area (Å²) in [6.07, 6.45) is 5.73. The number of carbonyl (C=O) groups excluding carboxylic acids is 1. The van der Waals surface area contributed by atoms with Crippen molar-refractivity contribution in [3.05, 3.63) is 54.0 Å². The van der Waals surface area contributed by atoms with E-state index in [0.717, 1.165) is 17.7 Å². The molecule has 0 unspecified atom stereocenters. The van der Waals surface area contributed by atoms with Gasteiger partial charge in [0.05, 0.1) is 6.20 Å². The second-order valence-corrected chi connectivity index (χ2v) is 5.49. The van der Waals surface area contributed by atoms with Crippen molar-refractivity contribution in [2.24, 2.45) is 0 Å². The molecule has 1 aromatic carbocycles. The van der Waals surface area contributed by atoms with E-state index in [0.29, 0.717) is 5.82 Å². The fourth-order valence-electron chi connectivity index (χ4n) is 2.17. The summed E-state index contributed by atoms with van der Waals surface area (Å²) in [7, 11) is 0. The van der Waals surface area contributed by atoms with Crippen LogP contribution in [0.1, 0.15) is 16.4 Å². The Morgan fingerprint density at radius 2 is 2.21 bits per heavy atom. The summed E-state index contributed by atoms with van der Waals surface area (Å²) >= 11 is 1.67. The first kappa shape index (κ1) is 12.2. The highest BCUT2D eigenvalue weighted by molar-refractivity contribution is 8.00. The van der Waals surface area contributed by atoms with Crippen molar-refractivity contribution in [3.63, 3.8) is 0 Å². The molecule has 2 heterocycles. The molecule has 0 bridgehead atoms. The summed E-state index contributed by atoms with van der Waals surface area (Å²) in [5.41, 5.74) is 2.38. The second-order valence-electron chi connectivity index (χ2n) is 4.28. The van der Waals surface area contributed by atoms with Crippen LogP contribution in [0.3, 0.4) is 0 Å². The first-order valence-electron chi connectivity index (χ1n) is 6.11. The number of thioether (sulfide) groups is 1. The molecule has 1 amide bonds. The van der Waals surface area contributed by atoms with Crippen molar-refractivity contribution in [1.82, 2.24) is 9.97 Å². The number of anilines is 1. The van der Waals surface area contributed by atoms with Crippen molar-refractivity contribution < 1.29 is 4.79 Å². The number of amides is 1. The molecule has 2 aromatic rings. The van der Waals surface area contributed by atoms with Crippen LogP contribution in [-0.4, -0.2) is 21.6 Å². The van der Waals surface area contributed by atoms with E-state index in [9.17, 15) is 4.79 Å². The van der Waals surface area contributed by atoms with E-state index in [1.54, 1.807) is 30.4 Å². The number of fused-ring (bicyclic) bond motifs is 1. The van der Waals surface area contributed by atoms with Gasteiger partial charge in [-0.25, -0.2) is 4.98 Å². The van der Waals surface area contributed by atoms with Gasteiger partial charge in [0.1, 0.15) is 5.25 Å². The lowest BCUT2D eigenvalue weighted by atomic mass is 10.0. The highest BCUT2D eigenvalue weighted by atomic mass is 32.2. The number of hydrogen-bond donors (Lipinski definition) is 1. The van der Waals surface area contributed by atoms with E-state index in [-0.39, 0.29) is 11.2 Å². The third kappa shape index (κ3) is 2.61. The molecule has 0 fully saturated rings. The Bertz CT molecular complexity index is 588. The van der Waals surface area contributed by atoms with Gasteiger partial charge in [-0.15, -0.1) is 11.8 Å². The van der Waals surface area contributed by atoms with Gasteiger partial charge < -0.3 is 5.32 Å². The Morgan fingerprint density at radius 1 is 1.32 bits per heavy atom. The van der Waals surface area contributed by atoms with E-state index in [1.807, 2.05) is 18.2 Å². The molecule has 1 aliphatic rings. The van der Waals surface area contributed by atoms with Crippen molar-refractivity contribution in [2.45, 2.75) is 11.7 Å². The monoisotopic (exact) mass is 271 g/mol. The number of hydrogen-bond acceptors (Lipinski definition) is 4. The summed E-state index contributed by atoms with van der Waals surface area (Å²) in [5, 5.41) is 2.66. The predicted octanol–water partition coefficient (Wildman–Crippen LogP) is 2.45. The van der Waals surface area contributed by atoms with Gasteiger partial charge in [0, 0.05) is 12.4 Å². The molecule has 0 saturated carbocycles. The van der Waals surface area contributed by atoms with Crippen LogP contribution in [0.25, 0.3) is 0 Å². The van der Waals surface area contributed by atoms with Crippen LogP contribution in [0.5, 0.6) is 0 Å². The number of benzene rings is 1. The summed E-state index contributed by atoms with van der Waals surface area (Å²) < 4.78 is 0. The first-order valence-corrected chi connectivity index (χ1v) is 7.16. The van der Waals surface area contributed by atoms with E-state index in [2.05, 4.69) is 21.4 Å². The number of carbonyl (C=O) groups is 1. The highest BCUT2D eigenvalue weighted by Gasteiger charge is 2.26. The molecule has 3 rings (SSSR count). The summed E-state index contributed by atoms with van der Waals surface area (Å²) in [6.45, 7) is 0. The minimum absolute atomic E-state index is 0.0300. The Morgan fingerprint density at radius 3 is 3.05 bits per heavy atom. The quantitative estimate of drug-likeness (QED) is 0.911. The van der Waals surface area contributed by atoms with Gasteiger partial charge in [0.2, 0.25) is 5.91 Å². The predicted molar refractivity (Wildman–Crippen MR) is 76.0 cm³/mol. The number of aromatic nitrogens is 2. The minimum atomic E-state index is -0.160. The third-order valence-electron chi connectivity index (χ3n) is 3.05. The standard InChI is InChI=1S/C14H13N3OS/c18-14(17-12-9-15-6-7-16-12)13-11-4-2-1-3-10(11)5-8-19-13/h1-4,6-7,9,13H,5,8H2,(H,16,17,18)/t13-/m0/s1. The van der Waals surface area contributed by atoms with Crippen LogP contribution in [0.15, 0.2) is 42.9 Å². The van der Waals surface area contributed by atoms with Gasteiger partial charge in [-0.3, -0.25) is 9.78 Å². The Balaban J connectivity index is 1.82. The molecule has 1 aliphatic heterocycles. The van der Waals surface area contributed by atoms with Gasteiger partial charge in [0.25, 0.3) is 0 Å². The largest absolute Gasteiger partial charge is 0.308 e. The lowest BCUT2D eigenvalue weighted by Crippen LogP contribution is -2.23. The van der Waals surface area contributed by atoms with Crippen LogP contribution in [0, 0.1) is 0 Å². The van der Waals surface area contributed by atoms with Gasteiger partial charge in [0.15, 0.2) is 5.82 Å². The molecule has 4 nitrogen and oxygen atoms in total. The molecule has 1 N–H and O–H groups in total. The average molecular weight is 271 g/mol. The summed E-state index contributed by atoms with van der Waals surface area (Å²) in [4.78, 5) is 20.3. The maximum Gasteiger partial charge on any atom is 0.243 e. The number of rotatable bonds is 2. The number of aryl methyl sites for hydroxylation is 1. The zero-order valence-corrected chi connectivity index (χ0v) is 11.1. The van der Waals surface area contributed by atoms with Crippen molar-refractivity contribution in [3.8, 4) is 0 Å². The molecule has 0 spiro atoms. The van der Waals surface area contributed by atoms with Gasteiger partial charge in [-0.05, 0) is 23.3 Å². The molecule has 0 aliphatic carbocycles. The van der Waals surface area contributed by atoms with Crippen LogP contribution in [0.4, 0.5) is 5.82 Å². The normalized spacial score (nSPS) is 17.6. The van der Waals surface area contributed by atoms with Gasteiger partial charge >= 0.3 is 0 Å². The molecular formula is C14H13N3OS. The van der Waals surface area contributed by atoms with E-state index >= 15 is 0 Å². The minimum Gasteiger partial charge on any atom is -0.308 e. The SMILES string of the molecule is O=C(Nc1cnccn1)[C@H]1SCCc2ccccc21. The van der Waals surface area contributed by atoms with Crippen molar-refractivity contribution in [2.75, 3.05) is 11.1 Å². The summed E-state index contributed by atoms with van der Waals surface area (Å²) in [5.74, 6) is 1.43. The number of nitrogens with zero attached hydrogens (tertiary/aromatic N) is 2. The fraction of sp³-hybridized carbons (Fsp3) is 0.214. The van der Waals surface area contributed by atoms with E-state index in [1.165, 1.54) is 5.56 Å². The van der Waals surface area contributed by atoms with Crippen LogP contribution < -0.4 is 5.32 Å².